The van der Waals surface area contributed by atoms with Gasteiger partial charge in [0.25, 0.3) is 0 Å². The quantitative estimate of drug-likeness (QED) is 0.825. The maximum absolute atomic E-state index is 8.61. The van der Waals surface area contributed by atoms with Gasteiger partial charge in [0, 0.05) is 5.69 Å². The second-order valence-electron chi connectivity index (χ2n) is 4.01. The molecule has 2 aromatic carbocycles. The highest BCUT2D eigenvalue weighted by atomic mass is 35.5. The summed E-state index contributed by atoms with van der Waals surface area (Å²) in [6, 6.07) is 12.9. The summed E-state index contributed by atoms with van der Waals surface area (Å²) in [5, 5.41) is 12.6. The van der Waals surface area contributed by atoms with Crippen LogP contribution < -0.4 is 11.1 Å². The van der Waals surface area contributed by atoms with E-state index in [-0.39, 0.29) is 0 Å². The molecule has 3 nitrogen and oxygen atoms in total. The molecule has 0 spiro atoms. The fraction of sp³-hybridized carbons (Fsp3) is 0.0714. The lowest BCUT2D eigenvalue weighted by molar-refractivity contribution is 1.26. The summed E-state index contributed by atoms with van der Waals surface area (Å²) in [4.78, 5) is 0. The number of nitrogen functional groups attached to an aromatic ring is 1. The first-order valence-corrected chi connectivity index (χ1v) is 6.33. The van der Waals surface area contributed by atoms with E-state index < -0.39 is 0 Å². The number of anilines is 3. The van der Waals surface area contributed by atoms with Crippen LogP contribution in [0.1, 0.15) is 5.56 Å². The van der Waals surface area contributed by atoms with Crippen molar-refractivity contribution in [3.05, 3.63) is 52.0 Å². The average molecular weight is 292 g/mol. The van der Waals surface area contributed by atoms with Gasteiger partial charge in [-0.05, 0) is 29.8 Å². The summed E-state index contributed by atoms with van der Waals surface area (Å²) >= 11 is 11.8. The Bertz CT molecular complexity index is 630. The molecule has 0 unspecified atom stereocenters. The van der Waals surface area contributed by atoms with Crippen LogP contribution in [0.3, 0.4) is 0 Å². The Morgan fingerprint density at radius 3 is 2.37 bits per heavy atom. The van der Waals surface area contributed by atoms with Gasteiger partial charge in [0.05, 0.1) is 33.9 Å². The van der Waals surface area contributed by atoms with Crippen molar-refractivity contribution in [2.24, 2.45) is 0 Å². The summed E-state index contributed by atoms with van der Waals surface area (Å²) in [5.41, 5.74) is 8.92. The standard InChI is InChI=1S/C14H11Cl2N3/c15-11-7-13(18)14(8-12(11)16)19-10-3-1-9(2-4-10)5-6-17/h1-4,7-8,19H,5,18H2. The lowest BCUT2D eigenvalue weighted by Crippen LogP contribution is -1.96. The van der Waals surface area contributed by atoms with E-state index in [0.29, 0.717) is 27.8 Å². The van der Waals surface area contributed by atoms with Gasteiger partial charge < -0.3 is 11.1 Å². The minimum atomic E-state index is 0.398. The van der Waals surface area contributed by atoms with Crippen LogP contribution in [0.25, 0.3) is 0 Å². The number of benzene rings is 2. The lowest BCUT2D eigenvalue weighted by atomic mass is 10.1. The topological polar surface area (TPSA) is 61.8 Å². The number of nitrogens with two attached hydrogens (primary N) is 1. The molecule has 0 aliphatic carbocycles. The van der Waals surface area contributed by atoms with Crippen molar-refractivity contribution in [1.82, 2.24) is 0 Å². The molecule has 0 atom stereocenters. The predicted molar refractivity (Wildman–Crippen MR) is 79.9 cm³/mol. The third-order valence-corrected chi connectivity index (χ3v) is 3.33. The van der Waals surface area contributed by atoms with Crippen molar-refractivity contribution >= 4 is 40.3 Å². The first-order valence-electron chi connectivity index (χ1n) is 5.57. The first-order chi connectivity index (χ1) is 9.10. The van der Waals surface area contributed by atoms with Gasteiger partial charge in [0.1, 0.15) is 0 Å². The monoisotopic (exact) mass is 291 g/mol. The summed E-state index contributed by atoms with van der Waals surface area (Å²) < 4.78 is 0. The van der Waals surface area contributed by atoms with Gasteiger partial charge in [0.2, 0.25) is 0 Å². The minimum Gasteiger partial charge on any atom is -0.397 e. The Labute approximate surface area is 121 Å². The zero-order valence-electron chi connectivity index (χ0n) is 9.95. The SMILES string of the molecule is N#CCc1ccc(Nc2cc(Cl)c(Cl)cc2N)cc1. The van der Waals surface area contributed by atoms with Gasteiger partial charge in [-0.3, -0.25) is 0 Å². The first kappa shape index (κ1) is 13.5. The van der Waals surface area contributed by atoms with Crippen LogP contribution in [-0.4, -0.2) is 0 Å². The molecule has 5 heteroatoms. The van der Waals surface area contributed by atoms with Crippen LogP contribution in [-0.2, 0) is 6.42 Å². The molecule has 0 bridgehead atoms. The van der Waals surface area contributed by atoms with Gasteiger partial charge in [-0.1, -0.05) is 35.3 Å². The second-order valence-corrected chi connectivity index (χ2v) is 4.82. The molecule has 0 aromatic heterocycles. The van der Waals surface area contributed by atoms with Gasteiger partial charge >= 0.3 is 0 Å². The van der Waals surface area contributed by atoms with Crippen molar-refractivity contribution in [2.45, 2.75) is 6.42 Å². The zero-order chi connectivity index (χ0) is 13.8. The van der Waals surface area contributed by atoms with Crippen LogP contribution in [0.2, 0.25) is 10.0 Å². The molecule has 2 aromatic rings. The minimum absolute atomic E-state index is 0.398. The number of rotatable bonds is 3. The van der Waals surface area contributed by atoms with E-state index in [9.17, 15) is 0 Å². The smallest absolute Gasteiger partial charge is 0.0669 e. The van der Waals surface area contributed by atoms with Crippen molar-refractivity contribution in [3.8, 4) is 6.07 Å². The Morgan fingerprint density at radius 1 is 1.11 bits per heavy atom. The molecule has 2 rings (SSSR count). The van der Waals surface area contributed by atoms with Gasteiger partial charge in [-0.15, -0.1) is 0 Å². The number of hydrogen-bond donors (Lipinski definition) is 2. The van der Waals surface area contributed by atoms with Crippen molar-refractivity contribution in [1.29, 1.82) is 5.26 Å². The summed E-state index contributed by atoms with van der Waals surface area (Å²) in [7, 11) is 0. The van der Waals surface area contributed by atoms with E-state index in [1.165, 1.54) is 0 Å². The van der Waals surface area contributed by atoms with E-state index in [1.54, 1.807) is 12.1 Å². The fourth-order valence-electron chi connectivity index (χ4n) is 1.62. The zero-order valence-corrected chi connectivity index (χ0v) is 11.5. The van der Waals surface area contributed by atoms with E-state index in [0.717, 1.165) is 11.3 Å². The molecule has 0 saturated carbocycles. The summed E-state index contributed by atoms with van der Waals surface area (Å²) in [6.45, 7) is 0. The third-order valence-electron chi connectivity index (χ3n) is 2.61. The van der Waals surface area contributed by atoms with Crippen LogP contribution >= 0.6 is 23.2 Å². The van der Waals surface area contributed by atoms with Gasteiger partial charge in [0.15, 0.2) is 0 Å². The van der Waals surface area contributed by atoms with Crippen molar-refractivity contribution in [3.63, 3.8) is 0 Å². The van der Waals surface area contributed by atoms with Gasteiger partial charge in [-0.2, -0.15) is 5.26 Å². The molecular weight excluding hydrogens is 281 g/mol. The largest absolute Gasteiger partial charge is 0.397 e. The maximum atomic E-state index is 8.61. The van der Waals surface area contributed by atoms with E-state index in [2.05, 4.69) is 11.4 Å². The highest BCUT2D eigenvalue weighted by Crippen LogP contribution is 2.32. The molecule has 0 saturated heterocycles. The summed E-state index contributed by atoms with van der Waals surface area (Å²) in [6.07, 6.45) is 0.398. The molecule has 0 radical (unpaired) electrons. The summed E-state index contributed by atoms with van der Waals surface area (Å²) in [5.74, 6) is 0. The lowest BCUT2D eigenvalue weighted by Gasteiger charge is -2.11. The Kier molecular flexibility index (Phi) is 4.16. The normalized spacial score (nSPS) is 9.95. The second kappa shape index (κ2) is 5.83. The van der Waals surface area contributed by atoms with Crippen LogP contribution in [0.15, 0.2) is 36.4 Å². The molecule has 0 fully saturated rings. The number of halogens is 2. The van der Waals surface area contributed by atoms with Gasteiger partial charge in [-0.25, -0.2) is 0 Å². The molecule has 0 aliphatic rings. The molecule has 0 heterocycles. The predicted octanol–water partition coefficient (Wildman–Crippen LogP) is 4.39. The molecule has 0 aliphatic heterocycles. The van der Waals surface area contributed by atoms with E-state index >= 15 is 0 Å². The van der Waals surface area contributed by atoms with E-state index in [1.807, 2.05) is 24.3 Å². The Balaban J connectivity index is 2.22. The van der Waals surface area contributed by atoms with Crippen LogP contribution in [0.5, 0.6) is 0 Å². The average Bonchev–Trinajstić information content (AvgIpc) is 2.38. The molecule has 0 amide bonds. The Morgan fingerprint density at radius 2 is 1.74 bits per heavy atom. The van der Waals surface area contributed by atoms with Crippen LogP contribution in [0.4, 0.5) is 17.1 Å². The number of nitrogens with zero attached hydrogens (tertiary/aromatic N) is 1. The number of hydrogen-bond acceptors (Lipinski definition) is 3. The highest BCUT2D eigenvalue weighted by Gasteiger charge is 2.05. The highest BCUT2D eigenvalue weighted by molar-refractivity contribution is 6.42. The maximum Gasteiger partial charge on any atom is 0.0669 e. The van der Waals surface area contributed by atoms with E-state index in [4.69, 9.17) is 34.2 Å². The molecule has 3 N–H and O–H groups in total. The molecule has 19 heavy (non-hydrogen) atoms. The number of nitrogens with one attached hydrogen (secondary N) is 1. The van der Waals surface area contributed by atoms with Crippen molar-refractivity contribution in [2.75, 3.05) is 11.1 Å². The third kappa shape index (κ3) is 3.31. The van der Waals surface area contributed by atoms with Crippen molar-refractivity contribution < 1.29 is 0 Å². The molecule has 96 valence electrons. The van der Waals surface area contributed by atoms with Crippen LogP contribution in [0, 0.1) is 11.3 Å². The fourth-order valence-corrected chi connectivity index (χ4v) is 1.96. The molecular formula is C14H11Cl2N3. The Hall–Kier alpha value is -1.89. The number of nitriles is 1.